The Bertz CT molecular complexity index is 838. The van der Waals surface area contributed by atoms with Crippen LogP contribution in [0.15, 0.2) is 29.8 Å². The number of hydrogen-bond acceptors (Lipinski definition) is 6. The maximum absolute atomic E-state index is 12.6. The molecular weight excluding hydrogens is 308 g/mol. The molecule has 0 spiro atoms. The van der Waals surface area contributed by atoms with Gasteiger partial charge in [0.25, 0.3) is 0 Å². The van der Waals surface area contributed by atoms with Gasteiger partial charge in [0.05, 0.1) is 12.0 Å². The molecule has 24 heavy (non-hydrogen) atoms. The number of hydrogen-bond donors (Lipinski definition) is 0. The summed E-state index contributed by atoms with van der Waals surface area (Å²) in [5.74, 6) is -0.0214. The standard InChI is InChI=1S/C17H20N4O3/c1-3-7-21-11-13(16(23)24-4-2)14(22)12-10-18-17(19-15(12)21)20-8-5-6-9-20/h3,10-11H,1,4-9H2,2H3. The van der Waals surface area contributed by atoms with E-state index in [4.69, 9.17) is 4.74 Å². The molecule has 7 heteroatoms. The Labute approximate surface area is 139 Å². The highest BCUT2D eigenvalue weighted by atomic mass is 16.5. The van der Waals surface area contributed by atoms with Crippen molar-refractivity contribution in [2.24, 2.45) is 0 Å². The lowest BCUT2D eigenvalue weighted by molar-refractivity contribution is 0.0524. The molecule has 0 aromatic carbocycles. The number of esters is 1. The van der Waals surface area contributed by atoms with E-state index in [1.54, 1.807) is 17.6 Å². The first-order valence-electron chi connectivity index (χ1n) is 8.09. The number of anilines is 1. The molecule has 0 amide bonds. The molecule has 0 bridgehead atoms. The number of ether oxygens (including phenoxy) is 1. The lowest BCUT2D eigenvalue weighted by Gasteiger charge is -2.16. The first-order valence-corrected chi connectivity index (χ1v) is 8.09. The Morgan fingerprint density at radius 2 is 2.17 bits per heavy atom. The van der Waals surface area contributed by atoms with Crippen LogP contribution in [0.1, 0.15) is 30.1 Å². The van der Waals surface area contributed by atoms with E-state index >= 15 is 0 Å². The van der Waals surface area contributed by atoms with Gasteiger partial charge in [-0.1, -0.05) is 6.08 Å². The maximum atomic E-state index is 12.6. The normalized spacial score (nSPS) is 14.1. The van der Waals surface area contributed by atoms with Gasteiger partial charge in [-0.25, -0.2) is 9.78 Å². The zero-order valence-electron chi connectivity index (χ0n) is 13.7. The molecule has 0 N–H and O–H groups in total. The zero-order valence-corrected chi connectivity index (χ0v) is 13.7. The Kier molecular flexibility index (Phi) is 4.59. The lowest BCUT2D eigenvalue weighted by atomic mass is 10.2. The van der Waals surface area contributed by atoms with E-state index in [2.05, 4.69) is 21.4 Å². The van der Waals surface area contributed by atoms with Crippen molar-refractivity contribution in [2.45, 2.75) is 26.3 Å². The van der Waals surface area contributed by atoms with Gasteiger partial charge >= 0.3 is 5.97 Å². The largest absolute Gasteiger partial charge is 0.462 e. The van der Waals surface area contributed by atoms with Crippen LogP contribution in [0.4, 0.5) is 5.95 Å². The van der Waals surface area contributed by atoms with E-state index < -0.39 is 11.4 Å². The molecule has 1 aliphatic heterocycles. The number of fused-ring (bicyclic) bond motifs is 1. The Hall–Kier alpha value is -2.70. The molecule has 126 valence electrons. The monoisotopic (exact) mass is 328 g/mol. The van der Waals surface area contributed by atoms with Crippen molar-refractivity contribution in [3.05, 3.63) is 40.8 Å². The van der Waals surface area contributed by atoms with Crippen molar-refractivity contribution in [1.82, 2.24) is 14.5 Å². The van der Waals surface area contributed by atoms with Crippen LogP contribution >= 0.6 is 0 Å². The van der Waals surface area contributed by atoms with E-state index in [0.717, 1.165) is 25.9 Å². The third-order valence-corrected chi connectivity index (χ3v) is 4.01. The van der Waals surface area contributed by atoms with E-state index in [1.807, 2.05) is 0 Å². The number of rotatable bonds is 5. The average Bonchev–Trinajstić information content (AvgIpc) is 3.12. The molecule has 0 unspecified atom stereocenters. The van der Waals surface area contributed by atoms with Crippen LogP contribution in [0, 0.1) is 0 Å². The zero-order chi connectivity index (χ0) is 17.1. The van der Waals surface area contributed by atoms with Crippen LogP contribution in [-0.4, -0.2) is 40.2 Å². The predicted octanol–water partition coefficient (Wildman–Crippen LogP) is 1.75. The highest BCUT2D eigenvalue weighted by Crippen LogP contribution is 2.18. The van der Waals surface area contributed by atoms with Crippen LogP contribution in [0.25, 0.3) is 11.0 Å². The summed E-state index contributed by atoms with van der Waals surface area (Å²) in [6, 6.07) is 0. The molecule has 0 radical (unpaired) electrons. The number of carbonyl (C=O) groups is 1. The van der Waals surface area contributed by atoms with Crippen molar-refractivity contribution >= 4 is 23.0 Å². The van der Waals surface area contributed by atoms with Gasteiger partial charge in [0.15, 0.2) is 0 Å². The minimum absolute atomic E-state index is 0.0104. The first-order chi connectivity index (χ1) is 11.7. The van der Waals surface area contributed by atoms with Gasteiger partial charge in [0.2, 0.25) is 11.4 Å². The minimum Gasteiger partial charge on any atom is -0.462 e. The lowest BCUT2D eigenvalue weighted by Crippen LogP contribution is -2.24. The third kappa shape index (κ3) is 2.89. The average molecular weight is 328 g/mol. The van der Waals surface area contributed by atoms with Gasteiger partial charge in [0, 0.05) is 32.0 Å². The maximum Gasteiger partial charge on any atom is 0.343 e. The summed E-state index contributed by atoms with van der Waals surface area (Å²) in [6.45, 7) is 7.90. The SMILES string of the molecule is C=CCn1cc(C(=O)OCC)c(=O)c2cnc(N3CCCC3)nc21. The topological polar surface area (TPSA) is 77.3 Å². The molecule has 2 aromatic heterocycles. The van der Waals surface area contributed by atoms with Crippen molar-refractivity contribution in [3.8, 4) is 0 Å². The summed E-state index contributed by atoms with van der Waals surface area (Å²) in [6.07, 6.45) is 6.91. The van der Waals surface area contributed by atoms with E-state index in [0.29, 0.717) is 23.5 Å². The van der Waals surface area contributed by atoms with Crippen molar-refractivity contribution in [3.63, 3.8) is 0 Å². The molecule has 0 saturated carbocycles. The molecule has 7 nitrogen and oxygen atoms in total. The second-order valence-corrected chi connectivity index (χ2v) is 5.63. The fourth-order valence-electron chi connectivity index (χ4n) is 2.87. The molecular formula is C17H20N4O3. The molecule has 3 rings (SSSR count). The van der Waals surface area contributed by atoms with E-state index in [-0.39, 0.29) is 12.2 Å². The van der Waals surface area contributed by atoms with Gasteiger partial charge in [0.1, 0.15) is 11.2 Å². The summed E-state index contributed by atoms with van der Waals surface area (Å²) in [4.78, 5) is 35.6. The molecule has 0 atom stereocenters. The van der Waals surface area contributed by atoms with Gasteiger partial charge < -0.3 is 14.2 Å². The van der Waals surface area contributed by atoms with Crippen LogP contribution in [0.5, 0.6) is 0 Å². The van der Waals surface area contributed by atoms with Crippen LogP contribution in [-0.2, 0) is 11.3 Å². The van der Waals surface area contributed by atoms with E-state index in [9.17, 15) is 9.59 Å². The second-order valence-electron chi connectivity index (χ2n) is 5.63. The van der Waals surface area contributed by atoms with Crippen molar-refractivity contribution in [2.75, 3.05) is 24.6 Å². The van der Waals surface area contributed by atoms with Gasteiger partial charge in [-0.3, -0.25) is 4.79 Å². The van der Waals surface area contributed by atoms with Crippen LogP contribution in [0.2, 0.25) is 0 Å². The quantitative estimate of drug-likeness (QED) is 0.615. The number of allylic oxidation sites excluding steroid dienone is 1. The highest BCUT2D eigenvalue weighted by molar-refractivity contribution is 5.93. The summed E-state index contributed by atoms with van der Waals surface area (Å²) in [7, 11) is 0. The predicted molar refractivity (Wildman–Crippen MR) is 91.4 cm³/mol. The highest BCUT2D eigenvalue weighted by Gasteiger charge is 2.20. The number of aromatic nitrogens is 3. The third-order valence-electron chi connectivity index (χ3n) is 4.01. The molecule has 1 fully saturated rings. The fraction of sp³-hybridized carbons (Fsp3) is 0.412. The summed E-state index contributed by atoms with van der Waals surface area (Å²) < 4.78 is 6.70. The molecule has 2 aromatic rings. The summed E-state index contributed by atoms with van der Waals surface area (Å²) in [5, 5.41) is 0.311. The first kappa shape index (κ1) is 16.2. The number of carbonyl (C=O) groups excluding carboxylic acids is 1. The van der Waals surface area contributed by atoms with Gasteiger partial charge in [-0.15, -0.1) is 6.58 Å². The Morgan fingerprint density at radius 3 is 2.83 bits per heavy atom. The fourth-order valence-corrected chi connectivity index (χ4v) is 2.87. The molecule has 1 saturated heterocycles. The van der Waals surface area contributed by atoms with Crippen LogP contribution in [0.3, 0.4) is 0 Å². The second kappa shape index (κ2) is 6.82. The smallest absolute Gasteiger partial charge is 0.343 e. The molecule has 3 heterocycles. The Balaban J connectivity index is 2.17. The summed E-state index contributed by atoms with van der Waals surface area (Å²) >= 11 is 0. The molecule has 0 aliphatic carbocycles. The van der Waals surface area contributed by atoms with Crippen LogP contribution < -0.4 is 10.3 Å². The van der Waals surface area contributed by atoms with Gasteiger partial charge in [-0.05, 0) is 19.8 Å². The van der Waals surface area contributed by atoms with Crippen molar-refractivity contribution in [1.29, 1.82) is 0 Å². The van der Waals surface area contributed by atoms with Crippen molar-refractivity contribution < 1.29 is 9.53 Å². The summed E-state index contributed by atoms with van der Waals surface area (Å²) in [5.41, 5.74) is 0.0882. The van der Waals surface area contributed by atoms with E-state index in [1.165, 1.54) is 12.4 Å². The number of pyridine rings is 1. The Morgan fingerprint density at radius 1 is 1.42 bits per heavy atom. The van der Waals surface area contributed by atoms with Gasteiger partial charge in [-0.2, -0.15) is 4.98 Å². The number of nitrogens with zero attached hydrogens (tertiary/aromatic N) is 4. The molecule has 1 aliphatic rings. The minimum atomic E-state index is -0.633.